The van der Waals surface area contributed by atoms with Crippen molar-refractivity contribution in [2.45, 2.75) is 38.0 Å². The normalized spacial score (nSPS) is 11.3. The molecule has 3 rings (SSSR count). The maximum atomic E-state index is 12.6. The molecule has 0 radical (unpaired) electrons. The van der Waals surface area contributed by atoms with Gasteiger partial charge in [-0.1, -0.05) is 42.4 Å². The van der Waals surface area contributed by atoms with Crippen LogP contribution in [0.2, 0.25) is 0 Å². The number of aromatic nitrogens is 1. The highest BCUT2D eigenvalue weighted by Gasteiger charge is 2.19. The molecule has 0 saturated carbocycles. The molecule has 1 heterocycles. The number of aryl methyl sites for hydroxylation is 1. The number of nitrogens with two attached hydrogens (primary N) is 1. The van der Waals surface area contributed by atoms with E-state index in [1.54, 1.807) is 37.3 Å². The minimum absolute atomic E-state index is 0.00692. The van der Waals surface area contributed by atoms with E-state index in [0.717, 1.165) is 6.42 Å². The van der Waals surface area contributed by atoms with Crippen LogP contribution in [0.4, 0.5) is 0 Å². The van der Waals surface area contributed by atoms with E-state index in [1.165, 1.54) is 12.1 Å². The van der Waals surface area contributed by atoms with Crippen molar-refractivity contribution in [1.29, 1.82) is 0 Å². The van der Waals surface area contributed by atoms with Crippen molar-refractivity contribution in [3.63, 3.8) is 0 Å². The van der Waals surface area contributed by atoms with Gasteiger partial charge in [0.15, 0.2) is 5.78 Å². The average Bonchev–Trinajstić information content (AvgIpc) is 3.17. The summed E-state index contributed by atoms with van der Waals surface area (Å²) in [4.78, 5) is 24.4. The quantitative estimate of drug-likeness (QED) is 0.475. The Morgan fingerprint density at radius 2 is 1.78 bits per heavy atom. The highest BCUT2D eigenvalue weighted by molar-refractivity contribution is 7.89. The minimum Gasteiger partial charge on any atom is -0.360 e. The Balaban J connectivity index is 1.86. The molecule has 0 atom stereocenters. The molecular weight excluding hydrogens is 430 g/mol. The van der Waals surface area contributed by atoms with Gasteiger partial charge >= 0.3 is 0 Å². The van der Waals surface area contributed by atoms with E-state index >= 15 is 0 Å². The summed E-state index contributed by atoms with van der Waals surface area (Å²) in [6, 6.07) is 13.1. The Bertz CT molecular complexity index is 1230. The van der Waals surface area contributed by atoms with E-state index < -0.39 is 10.0 Å². The van der Waals surface area contributed by atoms with Crippen LogP contribution >= 0.6 is 0 Å². The van der Waals surface area contributed by atoms with E-state index in [0.29, 0.717) is 40.3 Å². The first-order valence-electron chi connectivity index (χ1n) is 10.2. The standard InChI is InChI=1S/C23H25N3O5S/c1-3-13-25-21(28)12-11-20(27)17-5-4-6-18(14-17)23-22(15(2)31-26-23)16-7-9-19(10-8-16)32(24,29)30/h4-10,14H,3,11-13H2,1-2H3,(H,25,28)(H2,24,29,30). The molecular formula is C23H25N3O5S. The number of hydrogen-bond acceptors (Lipinski definition) is 6. The number of nitrogens with zero attached hydrogens (tertiary/aromatic N) is 1. The first-order valence-corrected chi connectivity index (χ1v) is 11.7. The lowest BCUT2D eigenvalue weighted by atomic mass is 9.97. The maximum absolute atomic E-state index is 12.6. The molecule has 9 heteroatoms. The molecule has 168 valence electrons. The van der Waals surface area contributed by atoms with Gasteiger partial charge in [-0.05, 0) is 37.1 Å². The molecule has 1 amide bonds. The van der Waals surface area contributed by atoms with Crippen molar-refractivity contribution in [2.24, 2.45) is 5.14 Å². The number of carbonyl (C=O) groups excluding carboxylic acids is 2. The van der Waals surface area contributed by atoms with Gasteiger partial charge in [0, 0.05) is 30.5 Å². The SMILES string of the molecule is CCCNC(=O)CCC(=O)c1cccc(-c2noc(C)c2-c2ccc(S(N)(=O)=O)cc2)c1. The van der Waals surface area contributed by atoms with Crippen molar-refractivity contribution >= 4 is 21.7 Å². The molecule has 0 aliphatic heterocycles. The number of hydrogen-bond donors (Lipinski definition) is 2. The van der Waals surface area contributed by atoms with Crippen molar-refractivity contribution in [1.82, 2.24) is 10.5 Å². The third-order valence-corrected chi connectivity index (χ3v) is 5.87. The zero-order valence-corrected chi connectivity index (χ0v) is 18.7. The van der Waals surface area contributed by atoms with Gasteiger partial charge in [-0.25, -0.2) is 13.6 Å². The smallest absolute Gasteiger partial charge is 0.238 e. The van der Waals surface area contributed by atoms with Crippen LogP contribution in [0.3, 0.4) is 0 Å². The molecule has 0 fully saturated rings. The molecule has 0 saturated heterocycles. The molecule has 3 N–H and O–H groups in total. The van der Waals surface area contributed by atoms with Crippen LogP contribution in [-0.4, -0.2) is 31.8 Å². The second-order valence-corrected chi connectivity index (χ2v) is 8.95. The second-order valence-electron chi connectivity index (χ2n) is 7.39. The molecule has 1 aromatic heterocycles. The van der Waals surface area contributed by atoms with Crippen molar-refractivity contribution in [2.75, 3.05) is 6.54 Å². The summed E-state index contributed by atoms with van der Waals surface area (Å²) in [7, 11) is -3.80. The molecule has 3 aromatic rings. The second kappa shape index (κ2) is 9.88. The summed E-state index contributed by atoms with van der Waals surface area (Å²) in [5, 5.41) is 12.1. The summed E-state index contributed by atoms with van der Waals surface area (Å²) in [6.07, 6.45) is 1.08. The number of carbonyl (C=O) groups is 2. The Kier molecular flexibility index (Phi) is 7.22. The third-order valence-electron chi connectivity index (χ3n) is 4.94. The van der Waals surface area contributed by atoms with Gasteiger partial charge in [-0.15, -0.1) is 0 Å². The fourth-order valence-electron chi connectivity index (χ4n) is 3.28. The number of sulfonamides is 1. The number of primary sulfonamides is 1. The highest BCUT2D eigenvalue weighted by atomic mass is 32.2. The lowest BCUT2D eigenvalue weighted by molar-refractivity contribution is -0.121. The summed E-state index contributed by atoms with van der Waals surface area (Å²) < 4.78 is 28.4. The highest BCUT2D eigenvalue weighted by Crippen LogP contribution is 2.35. The van der Waals surface area contributed by atoms with E-state index in [9.17, 15) is 18.0 Å². The first-order chi connectivity index (χ1) is 15.2. The lowest BCUT2D eigenvalue weighted by Gasteiger charge is -2.07. The van der Waals surface area contributed by atoms with Gasteiger partial charge in [-0.2, -0.15) is 0 Å². The number of benzene rings is 2. The Hall–Kier alpha value is -3.30. The van der Waals surface area contributed by atoms with E-state index in [-0.39, 0.29) is 29.4 Å². The topological polar surface area (TPSA) is 132 Å². The summed E-state index contributed by atoms with van der Waals surface area (Å²) in [6.45, 7) is 4.31. The van der Waals surface area contributed by atoms with Gasteiger partial charge in [0.25, 0.3) is 0 Å². The number of nitrogens with one attached hydrogen (secondary N) is 1. The first kappa shape index (κ1) is 23.4. The summed E-state index contributed by atoms with van der Waals surface area (Å²) >= 11 is 0. The van der Waals surface area contributed by atoms with E-state index in [1.807, 2.05) is 13.0 Å². The molecule has 0 aliphatic carbocycles. The lowest BCUT2D eigenvalue weighted by Crippen LogP contribution is -2.24. The number of rotatable bonds is 9. The van der Waals surface area contributed by atoms with Crippen LogP contribution in [0.5, 0.6) is 0 Å². The molecule has 8 nitrogen and oxygen atoms in total. The van der Waals surface area contributed by atoms with Crippen molar-refractivity contribution < 1.29 is 22.5 Å². The molecule has 0 bridgehead atoms. The number of amides is 1. The third kappa shape index (κ3) is 5.49. The van der Waals surface area contributed by atoms with E-state index in [2.05, 4.69) is 10.5 Å². The largest absolute Gasteiger partial charge is 0.360 e. The number of Topliss-reactive ketones (excluding diaryl/α,β-unsaturated/α-hetero) is 1. The Morgan fingerprint density at radius 1 is 1.06 bits per heavy atom. The molecule has 32 heavy (non-hydrogen) atoms. The average molecular weight is 456 g/mol. The minimum atomic E-state index is -3.80. The van der Waals surface area contributed by atoms with Gasteiger partial charge in [-0.3, -0.25) is 9.59 Å². The Morgan fingerprint density at radius 3 is 2.44 bits per heavy atom. The van der Waals surface area contributed by atoms with Crippen LogP contribution in [0.1, 0.15) is 42.3 Å². The van der Waals surface area contributed by atoms with Gasteiger partial charge in [0.05, 0.1) is 10.5 Å². The van der Waals surface area contributed by atoms with E-state index in [4.69, 9.17) is 9.66 Å². The fraction of sp³-hybridized carbons (Fsp3) is 0.261. The summed E-state index contributed by atoms with van der Waals surface area (Å²) in [5.74, 6) is 0.263. The van der Waals surface area contributed by atoms with Gasteiger partial charge < -0.3 is 9.84 Å². The zero-order chi connectivity index (χ0) is 23.3. The molecule has 0 aliphatic rings. The Labute approximate surface area is 186 Å². The van der Waals surface area contributed by atoms with Crippen LogP contribution < -0.4 is 10.5 Å². The zero-order valence-electron chi connectivity index (χ0n) is 17.9. The molecule has 0 unspecified atom stereocenters. The van der Waals surface area contributed by atoms with Crippen molar-refractivity contribution in [3.05, 3.63) is 59.9 Å². The molecule has 0 spiro atoms. The van der Waals surface area contributed by atoms with Crippen LogP contribution in [0.15, 0.2) is 57.9 Å². The predicted octanol–water partition coefficient (Wildman–Crippen LogP) is 3.45. The fourth-order valence-corrected chi connectivity index (χ4v) is 3.80. The predicted molar refractivity (Wildman–Crippen MR) is 120 cm³/mol. The van der Waals surface area contributed by atoms with Crippen LogP contribution in [-0.2, 0) is 14.8 Å². The maximum Gasteiger partial charge on any atom is 0.238 e. The van der Waals surface area contributed by atoms with Crippen LogP contribution in [0.25, 0.3) is 22.4 Å². The monoisotopic (exact) mass is 455 g/mol. The van der Waals surface area contributed by atoms with Crippen molar-refractivity contribution in [3.8, 4) is 22.4 Å². The number of ketones is 1. The summed E-state index contributed by atoms with van der Waals surface area (Å²) in [5.41, 5.74) is 3.07. The van der Waals surface area contributed by atoms with Crippen LogP contribution in [0, 0.1) is 6.92 Å². The molecule has 2 aromatic carbocycles. The van der Waals surface area contributed by atoms with Gasteiger partial charge in [0.2, 0.25) is 15.9 Å². The van der Waals surface area contributed by atoms with Gasteiger partial charge in [0.1, 0.15) is 11.5 Å².